The maximum atomic E-state index is 11.4. The molecule has 1 amide bonds. The van der Waals surface area contributed by atoms with Crippen molar-refractivity contribution in [3.63, 3.8) is 0 Å². The second-order valence-electron chi connectivity index (χ2n) is 7.82. The molecule has 27 heavy (non-hydrogen) atoms. The van der Waals surface area contributed by atoms with Crippen LogP contribution < -0.4 is 21.7 Å². The first-order chi connectivity index (χ1) is 13.0. The molecule has 0 unspecified atom stereocenters. The van der Waals surface area contributed by atoms with Gasteiger partial charge in [-0.3, -0.25) is 9.69 Å². The molecule has 2 fully saturated rings. The highest BCUT2D eigenvalue weighted by Gasteiger charge is 2.24. The highest BCUT2D eigenvalue weighted by molar-refractivity contribution is 6.33. The fraction of sp³-hybridized carbons (Fsp3) is 0.650. The summed E-state index contributed by atoms with van der Waals surface area (Å²) in [5.41, 5.74) is 13.0. The van der Waals surface area contributed by atoms with E-state index in [0.29, 0.717) is 11.7 Å². The van der Waals surface area contributed by atoms with Gasteiger partial charge in [0.2, 0.25) is 5.91 Å². The van der Waals surface area contributed by atoms with E-state index in [0.717, 1.165) is 62.2 Å². The molecule has 1 aliphatic heterocycles. The molecule has 150 valence electrons. The number of hydrogen-bond donors (Lipinski definition) is 3. The van der Waals surface area contributed by atoms with Crippen molar-refractivity contribution in [2.24, 2.45) is 11.7 Å². The van der Waals surface area contributed by atoms with Gasteiger partial charge in [0.25, 0.3) is 0 Å². The van der Waals surface area contributed by atoms with Crippen molar-refractivity contribution < 1.29 is 4.79 Å². The van der Waals surface area contributed by atoms with E-state index < -0.39 is 0 Å². The molecular formula is C20H32ClN5O. The Morgan fingerprint density at radius 3 is 2.48 bits per heavy atom. The minimum Gasteiger partial charge on any atom is -0.399 e. The Balaban J connectivity index is 1.36. The van der Waals surface area contributed by atoms with Crippen molar-refractivity contribution in [1.29, 1.82) is 0 Å². The summed E-state index contributed by atoms with van der Waals surface area (Å²) in [7, 11) is 0. The summed E-state index contributed by atoms with van der Waals surface area (Å²) in [5.74, 6) is 0.748. The third kappa shape index (κ3) is 5.74. The van der Waals surface area contributed by atoms with Crippen LogP contribution in [-0.2, 0) is 4.79 Å². The molecule has 1 heterocycles. The number of nitrogens with two attached hydrogens (primary N) is 2. The Morgan fingerprint density at radius 2 is 1.85 bits per heavy atom. The van der Waals surface area contributed by atoms with Crippen molar-refractivity contribution >= 4 is 28.9 Å². The highest BCUT2D eigenvalue weighted by atomic mass is 35.5. The molecule has 0 bridgehead atoms. The van der Waals surface area contributed by atoms with Crippen molar-refractivity contribution in [3.8, 4) is 0 Å². The Hall–Kier alpha value is -1.50. The predicted molar refractivity (Wildman–Crippen MR) is 112 cm³/mol. The lowest BCUT2D eigenvalue weighted by Gasteiger charge is -2.37. The highest BCUT2D eigenvalue weighted by Crippen LogP contribution is 2.30. The Bertz CT molecular complexity index is 625. The third-order valence-corrected chi connectivity index (χ3v) is 6.24. The number of benzene rings is 1. The lowest BCUT2D eigenvalue weighted by Crippen LogP contribution is -2.47. The summed E-state index contributed by atoms with van der Waals surface area (Å²) >= 11 is 6.35. The number of halogens is 1. The van der Waals surface area contributed by atoms with Crippen LogP contribution in [0.25, 0.3) is 0 Å². The average molecular weight is 394 g/mol. The molecule has 5 N–H and O–H groups in total. The van der Waals surface area contributed by atoms with E-state index in [9.17, 15) is 4.79 Å². The van der Waals surface area contributed by atoms with E-state index in [1.165, 1.54) is 19.3 Å². The Kier molecular flexibility index (Phi) is 7.21. The molecule has 7 heteroatoms. The van der Waals surface area contributed by atoms with Gasteiger partial charge in [-0.15, -0.1) is 0 Å². The van der Waals surface area contributed by atoms with Gasteiger partial charge in [-0.05, 0) is 62.8 Å². The maximum Gasteiger partial charge on any atom is 0.233 e. The van der Waals surface area contributed by atoms with Crippen LogP contribution in [0.4, 0.5) is 11.4 Å². The van der Waals surface area contributed by atoms with Gasteiger partial charge in [-0.2, -0.15) is 0 Å². The number of nitrogen functional groups attached to an aromatic ring is 1. The fourth-order valence-electron chi connectivity index (χ4n) is 4.24. The van der Waals surface area contributed by atoms with Gasteiger partial charge in [0.15, 0.2) is 0 Å². The van der Waals surface area contributed by atoms with Gasteiger partial charge in [0.05, 0.1) is 17.3 Å². The number of piperazine rings is 1. The zero-order chi connectivity index (χ0) is 19.2. The van der Waals surface area contributed by atoms with Gasteiger partial charge >= 0.3 is 0 Å². The number of carbonyl (C=O) groups excluding carboxylic acids is 1. The minimum absolute atomic E-state index is 0.0301. The molecular weight excluding hydrogens is 362 g/mol. The first-order valence-electron chi connectivity index (χ1n) is 10.1. The molecule has 0 spiro atoms. The van der Waals surface area contributed by atoms with Crippen LogP contribution in [0.5, 0.6) is 0 Å². The van der Waals surface area contributed by atoms with E-state index in [4.69, 9.17) is 23.1 Å². The number of rotatable bonds is 6. The monoisotopic (exact) mass is 393 g/mol. The summed E-state index contributed by atoms with van der Waals surface area (Å²) < 4.78 is 0. The van der Waals surface area contributed by atoms with E-state index in [1.54, 1.807) is 0 Å². The van der Waals surface area contributed by atoms with Crippen molar-refractivity contribution in [1.82, 2.24) is 10.2 Å². The summed E-state index contributed by atoms with van der Waals surface area (Å²) in [5, 5.41) is 3.76. The fourth-order valence-corrected chi connectivity index (χ4v) is 4.55. The van der Waals surface area contributed by atoms with Crippen LogP contribution in [0.3, 0.4) is 0 Å². The summed E-state index contributed by atoms with van der Waals surface area (Å²) in [6, 6.07) is 6.09. The number of hydrogen-bond acceptors (Lipinski definition) is 5. The minimum atomic E-state index is -0.0301. The first-order valence-corrected chi connectivity index (χ1v) is 10.4. The molecule has 2 aliphatic rings. The van der Waals surface area contributed by atoms with Crippen LogP contribution in [0.1, 0.15) is 32.1 Å². The molecule has 1 saturated heterocycles. The average Bonchev–Trinajstić information content (AvgIpc) is 2.68. The van der Waals surface area contributed by atoms with Crippen LogP contribution in [0.15, 0.2) is 18.2 Å². The molecule has 0 aromatic heterocycles. The van der Waals surface area contributed by atoms with E-state index in [1.807, 2.05) is 18.2 Å². The zero-order valence-corrected chi connectivity index (χ0v) is 16.8. The predicted octanol–water partition coefficient (Wildman–Crippen LogP) is 2.07. The quantitative estimate of drug-likeness (QED) is 0.644. The van der Waals surface area contributed by atoms with Gasteiger partial charge in [0.1, 0.15) is 0 Å². The summed E-state index contributed by atoms with van der Waals surface area (Å²) in [6.07, 6.45) is 5.83. The van der Waals surface area contributed by atoms with Gasteiger partial charge in [0, 0.05) is 37.9 Å². The van der Waals surface area contributed by atoms with E-state index in [2.05, 4.69) is 15.1 Å². The molecule has 1 aliphatic carbocycles. The van der Waals surface area contributed by atoms with Crippen LogP contribution in [0.2, 0.25) is 5.02 Å². The molecule has 0 radical (unpaired) electrons. The van der Waals surface area contributed by atoms with E-state index in [-0.39, 0.29) is 12.5 Å². The smallest absolute Gasteiger partial charge is 0.233 e. The lowest BCUT2D eigenvalue weighted by atomic mass is 9.84. The standard InChI is InChI=1S/C20H32ClN5O/c21-18-13-16(23)3-6-19(18)26-11-9-25(10-12-26)8-7-15-1-4-17(5-2-15)24-20(27)14-22/h3,6,13,15,17H,1-2,4-5,7-12,14,22-23H2,(H,24,27). The third-order valence-electron chi connectivity index (χ3n) is 5.94. The molecule has 6 nitrogen and oxygen atoms in total. The van der Waals surface area contributed by atoms with E-state index >= 15 is 0 Å². The normalized spacial score (nSPS) is 24.0. The molecule has 1 aromatic rings. The number of carbonyl (C=O) groups is 1. The van der Waals surface area contributed by atoms with Crippen LogP contribution in [-0.4, -0.2) is 56.1 Å². The van der Waals surface area contributed by atoms with Crippen molar-refractivity contribution in [3.05, 3.63) is 23.2 Å². The lowest BCUT2D eigenvalue weighted by molar-refractivity contribution is -0.120. The Labute approximate surface area is 167 Å². The van der Waals surface area contributed by atoms with Crippen molar-refractivity contribution in [2.45, 2.75) is 38.1 Å². The molecule has 3 rings (SSSR count). The topological polar surface area (TPSA) is 87.6 Å². The Morgan fingerprint density at radius 1 is 1.15 bits per heavy atom. The van der Waals surface area contributed by atoms with Crippen LogP contribution >= 0.6 is 11.6 Å². The van der Waals surface area contributed by atoms with Gasteiger partial charge in [-0.1, -0.05) is 11.6 Å². The first kappa shape index (κ1) is 20.2. The van der Waals surface area contributed by atoms with Gasteiger partial charge < -0.3 is 21.7 Å². The SMILES string of the molecule is NCC(=O)NC1CCC(CCN2CCN(c3ccc(N)cc3Cl)CC2)CC1. The largest absolute Gasteiger partial charge is 0.399 e. The maximum absolute atomic E-state index is 11.4. The van der Waals surface area contributed by atoms with Crippen molar-refractivity contribution in [2.75, 3.05) is 49.9 Å². The summed E-state index contributed by atoms with van der Waals surface area (Å²) in [4.78, 5) is 16.3. The zero-order valence-electron chi connectivity index (χ0n) is 16.0. The second kappa shape index (κ2) is 9.62. The number of nitrogens with zero attached hydrogens (tertiary/aromatic N) is 2. The van der Waals surface area contributed by atoms with Crippen LogP contribution in [0, 0.1) is 5.92 Å². The van der Waals surface area contributed by atoms with Gasteiger partial charge in [-0.25, -0.2) is 0 Å². The molecule has 1 aromatic carbocycles. The number of amides is 1. The number of anilines is 2. The molecule has 0 atom stereocenters. The summed E-state index contributed by atoms with van der Waals surface area (Å²) in [6.45, 7) is 5.40. The second-order valence-corrected chi connectivity index (χ2v) is 8.22. The number of nitrogens with one attached hydrogen (secondary N) is 1. The molecule has 1 saturated carbocycles.